The van der Waals surface area contributed by atoms with Gasteiger partial charge in [0.2, 0.25) is 21.8 Å². The Morgan fingerprint density at radius 3 is 2.46 bits per heavy atom. The molecule has 3 aliphatic heterocycles. The van der Waals surface area contributed by atoms with Gasteiger partial charge >= 0.3 is 0 Å². The van der Waals surface area contributed by atoms with Crippen LogP contribution < -0.4 is 0 Å². The highest BCUT2D eigenvalue weighted by molar-refractivity contribution is 7.88. The number of likely N-dealkylation sites (tertiary alicyclic amines) is 1. The lowest BCUT2D eigenvalue weighted by Crippen LogP contribution is -2.43. The number of fused-ring (bicyclic) bond motifs is 1. The zero-order chi connectivity index (χ0) is 20.3. The maximum Gasteiger partial charge on any atom is 0.241 e. The molecule has 0 unspecified atom stereocenters. The van der Waals surface area contributed by atoms with Gasteiger partial charge in [-0.05, 0) is 31.4 Å². The molecule has 0 aromatic rings. The molecule has 28 heavy (non-hydrogen) atoms. The maximum absolute atomic E-state index is 12.9. The number of carbonyl (C=O) groups is 2. The van der Waals surface area contributed by atoms with Gasteiger partial charge < -0.3 is 9.80 Å². The van der Waals surface area contributed by atoms with Gasteiger partial charge in [-0.1, -0.05) is 25.5 Å². The van der Waals surface area contributed by atoms with E-state index in [1.54, 1.807) is 4.90 Å². The van der Waals surface area contributed by atoms with E-state index in [0.29, 0.717) is 32.2 Å². The van der Waals surface area contributed by atoms with Crippen molar-refractivity contribution in [1.82, 2.24) is 14.1 Å². The van der Waals surface area contributed by atoms with E-state index >= 15 is 0 Å². The van der Waals surface area contributed by atoms with Gasteiger partial charge in [0, 0.05) is 31.9 Å². The molecule has 2 amide bonds. The molecule has 0 spiro atoms. The van der Waals surface area contributed by atoms with Gasteiger partial charge in [0.1, 0.15) is 0 Å². The Kier molecular flexibility index (Phi) is 6.27. The number of hydrogen-bond acceptors (Lipinski definition) is 5. The molecule has 3 aliphatic rings. The Morgan fingerprint density at radius 1 is 1.18 bits per heavy atom. The molecule has 154 valence electrons. The zero-order valence-corrected chi connectivity index (χ0v) is 17.3. The zero-order valence-electron chi connectivity index (χ0n) is 16.5. The largest absolute Gasteiger partial charge is 0.354 e. The van der Waals surface area contributed by atoms with E-state index < -0.39 is 22.0 Å². The number of rotatable bonds is 7. The van der Waals surface area contributed by atoms with E-state index in [2.05, 4.69) is 0 Å². The van der Waals surface area contributed by atoms with Crippen molar-refractivity contribution in [2.45, 2.75) is 51.1 Å². The van der Waals surface area contributed by atoms with Crippen LogP contribution in [0.15, 0.2) is 36.7 Å². The molecule has 2 fully saturated rings. The van der Waals surface area contributed by atoms with E-state index in [0.717, 1.165) is 23.5 Å². The van der Waals surface area contributed by atoms with E-state index in [-0.39, 0.29) is 17.9 Å². The molecular formula is C20H29N3O4S. The molecule has 0 bridgehead atoms. The van der Waals surface area contributed by atoms with Crippen molar-refractivity contribution in [2.75, 3.05) is 19.3 Å². The maximum atomic E-state index is 12.9. The van der Waals surface area contributed by atoms with Gasteiger partial charge in [0.25, 0.3) is 0 Å². The summed E-state index contributed by atoms with van der Waals surface area (Å²) in [6, 6.07) is -0.734. The minimum Gasteiger partial charge on any atom is -0.354 e. The predicted molar refractivity (Wildman–Crippen MR) is 107 cm³/mol. The molecule has 7 nitrogen and oxygen atoms in total. The fraction of sp³-hybridized carbons (Fsp3) is 0.600. The summed E-state index contributed by atoms with van der Waals surface area (Å²) in [6.07, 6.45) is 15.8. The SMILES string of the molecule is CCC[C@H]1C(=O)N(S(C)(=O)=O)[C@H]2CCN(C(=O)CCCN3C=CC=CC=C3)[C@H]12. The monoisotopic (exact) mass is 407 g/mol. The molecule has 3 rings (SSSR count). The van der Waals surface area contributed by atoms with E-state index in [1.807, 2.05) is 48.5 Å². The van der Waals surface area contributed by atoms with Crippen molar-refractivity contribution in [2.24, 2.45) is 5.92 Å². The molecule has 0 aromatic heterocycles. The lowest BCUT2D eigenvalue weighted by molar-refractivity contribution is -0.134. The Balaban J connectivity index is 1.65. The third-order valence-corrected chi connectivity index (χ3v) is 6.81. The van der Waals surface area contributed by atoms with Crippen LogP contribution in [0.1, 0.15) is 39.0 Å². The van der Waals surface area contributed by atoms with Crippen molar-refractivity contribution in [3.63, 3.8) is 0 Å². The van der Waals surface area contributed by atoms with Gasteiger partial charge in [-0.2, -0.15) is 0 Å². The van der Waals surface area contributed by atoms with Crippen LogP contribution in [0.25, 0.3) is 0 Å². The summed E-state index contributed by atoms with van der Waals surface area (Å²) in [7, 11) is -3.62. The number of allylic oxidation sites excluding steroid dienone is 4. The second kappa shape index (κ2) is 8.51. The molecule has 8 heteroatoms. The van der Waals surface area contributed by atoms with Crippen LogP contribution in [0.5, 0.6) is 0 Å². The van der Waals surface area contributed by atoms with Crippen molar-refractivity contribution < 1.29 is 18.0 Å². The molecule has 2 saturated heterocycles. The van der Waals surface area contributed by atoms with Gasteiger partial charge in [-0.25, -0.2) is 12.7 Å². The standard InChI is InChI=1S/C20H29N3O4S/c1-3-9-16-19-17(23(20(16)25)28(2,26)27)11-15-22(19)18(24)10-8-14-21-12-6-4-5-7-13-21/h4-7,12-13,16-17,19H,3,8-11,14-15H2,1-2H3/t16-,17+,19-/m1/s1. The summed E-state index contributed by atoms with van der Waals surface area (Å²) < 4.78 is 25.4. The number of nitrogens with zero attached hydrogens (tertiary/aromatic N) is 3. The Bertz CT molecular complexity index is 786. The van der Waals surface area contributed by atoms with Gasteiger partial charge in [-0.15, -0.1) is 0 Å². The third-order valence-electron chi connectivity index (χ3n) is 5.64. The van der Waals surface area contributed by atoms with Gasteiger partial charge in [-0.3, -0.25) is 9.59 Å². The molecule has 0 saturated carbocycles. The summed E-state index contributed by atoms with van der Waals surface area (Å²) in [5.41, 5.74) is 0. The topological polar surface area (TPSA) is 78.0 Å². The second-order valence-electron chi connectivity index (χ2n) is 7.64. The first-order chi connectivity index (χ1) is 13.3. The summed E-state index contributed by atoms with van der Waals surface area (Å²) >= 11 is 0. The molecule has 3 heterocycles. The summed E-state index contributed by atoms with van der Waals surface area (Å²) in [4.78, 5) is 29.4. The molecule has 0 N–H and O–H groups in total. The fourth-order valence-electron chi connectivity index (χ4n) is 4.52. The van der Waals surface area contributed by atoms with Crippen LogP contribution in [0.4, 0.5) is 0 Å². The molecule has 0 aromatic carbocycles. The Hall–Kier alpha value is -2.09. The molecular weight excluding hydrogens is 378 g/mol. The first kappa shape index (κ1) is 20.6. The average molecular weight is 408 g/mol. The number of sulfonamides is 1. The highest BCUT2D eigenvalue weighted by atomic mass is 32.2. The highest BCUT2D eigenvalue weighted by Crippen LogP contribution is 2.40. The van der Waals surface area contributed by atoms with Crippen LogP contribution >= 0.6 is 0 Å². The second-order valence-corrected chi connectivity index (χ2v) is 9.49. The quantitative estimate of drug-likeness (QED) is 0.644. The average Bonchev–Trinajstić information content (AvgIpc) is 3.02. The number of hydrogen-bond donors (Lipinski definition) is 0. The summed E-state index contributed by atoms with van der Waals surface area (Å²) in [6.45, 7) is 3.22. The molecule has 0 radical (unpaired) electrons. The normalized spacial score (nSPS) is 26.9. The van der Waals surface area contributed by atoms with Crippen molar-refractivity contribution in [1.29, 1.82) is 0 Å². The van der Waals surface area contributed by atoms with Gasteiger partial charge in [0.15, 0.2) is 0 Å². The van der Waals surface area contributed by atoms with Crippen LogP contribution in [-0.4, -0.2) is 65.8 Å². The number of amides is 2. The Morgan fingerprint density at radius 2 is 1.86 bits per heavy atom. The van der Waals surface area contributed by atoms with Crippen LogP contribution in [-0.2, 0) is 19.6 Å². The van der Waals surface area contributed by atoms with Crippen molar-refractivity contribution in [3.05, 3.63) is 36.7 Å². The summed E-state index contributed by atoms with van der Waals surface area (Å²) in [5, 5.41) is 0. The van der Waals surface area contributed by atoms with Crippen molar-refractivity contribution in [3.8, 4) is 0 Å². The van der Waals surface area contributed by atoms with E-state index in [4.69, 9.17) is 0 Å². The van der Waals surface area contributed by atoms with E-state index in [9.17, 15) is 18.0 Å². The minimum atomic E-state index is -3.62. The predicted octanol–water partition coefficient (Wildman–Crippen LogP) is 1.85. The van der Waals surface area contributed by atoms with Gasteiger partial charge in [0.05, 0.1) is 24.3 Å². The first-order valence-electron chi connectivity index (χ1n) is 9.94. The van der Waals surface area contributed by atoms with E-state index in [1.165, 1.54) is 0 Å². The lowest BCUT2D eigenvalue weighted by Gasteiger charge is -2.27. The van der Waals surface area contributed by atoms with Crippen molar-refractivity contribution >= 4 is 21.8 Å². The lowest BCUT2D eigenvalue weighted by atomic mass is 9.94. The number of carbonyl (C=O) groups excluding carboxylic acids is 2. The van der Waals surface area contributed by atoms with Crippen LogP contribution in [0.2, 0.25) is 0 Å². The molecule has 0 aliphatic carbocycles. The fourth-order valence-corrected chi connectivity index (χ4v) is 5.71. The first-order valence-corrected chi connectivity index (χ1v) is 11.8. The van der Waals surface area contributed by atoms with Crippen LogP contribution in [0, 0.1) is 5.92 Å². The summed E-state index contributed by atoms with van der Waals surface area (Å²) in [5.74, 6) is -0.749. The Labute approximate surface area is 167 Å². The molecule has 3 atom stereocenters. The highest BCUT2D eigenvalue weighted by Gasteiger charge is 2.56. The third kappa shape index (κ3) is 4.16. The minimum absolute atomic E-state index is 0.0117. The smallest absolute Gasteiger partial charge is 0.241 e. The van der Waals surface area contributed by atoms with Crippen LogP contribution in [0.3, 0.4) is 0 Å².